The van der Waals surface area contributed by atoms with Crippen molar-refractivity contribution in [2.24, 2.45) is 0 Å². The lowest BCUT2D eigenvalue weighted by Gasteiger charge is -2.33. The Kier molecular flexibility index (Phi) is 4.11. The maximum absolute atomic E-state index is 5.94. The first kappa shape index (κ1) is 15.1. The minimum atomic E-state index is 0.347. The summed E-state index contributed by atoms with van der Waals surface area (Å²) in [6.45, 7) is 4.86. The number of rotatable bonds is 3. The molecular formula is C17H21ClN4O. The second kappa shape index (κ2) is 6.24. The van der Waals surface area contributed by atoms with Crippen LogP contribution in [0.25, 0.3) is 5.69 Å². The Morgan fingerprint density at radius 3 is 2.87 bits per heavy atom. The smallest absolute Gasteiger partial charge is 0.0869 e. The van der Waals surface area contributed by atoms with Crippen molar-refractivity contribution in [3.63, 3.8) is 0 Å². The van der Waals surface area contributed by atoms with Crippen molar-refractivity contribution in [2.75, 3.05) is 33.3 Å². The molecule has 0 spiro atoms. The number of likely N-dealkylation sites (tertiary alicyclic amines) is 1. The molecule has 0 bridgehead atoms. The Morgan fingerprint density at radius 1 is 1.26 bits per heavy atom. The molecule has 0 N–H and O–H groups in total. The number of morpholine rings is 1. The van der Waals surface area contributed by atoms with Crippen LogP contribution >= 0.6 is 11.6 Å². The summed E-state index contributed by atoms with van der Waals surface area (Å²) in [4.78, 5) is 4.88. The minimum Gasteiger partial charge on any atom is -0.374 e. The summed E-state index contributed by atoms with van der Waals surface area (Å²) in [7, 11) is 2.20. The van der Waals surface area contributed by atoms with Gasteiger partial charge in [0, 0.05) is 49.0 Å². The number of aromatic nitrogens is 2. The van der Waals surface area contributed by atoms with Crippen LogP contribution in [0.4, 0.5) is 0 Å². The van der Waals surface area contributed by atoms with Crippen LogP contribution in [0.1, 0.15) is 5.56 Å². The van der Waals surface area contributed by atoms with E-state index in [0.29, 0.717) is 12.1 Å². The summed E-state index contributed by atoms with van der Waals surface area (Å²) in [6, 6.07) is 8.25. The first-order valence-electron chi connectivity index (χ1n) is 8.03. The molecule has 2 aromatic rings. The number of likely N-dealkylation sites (N-methyl/N-ethyl adjacent to an activating group) is 1. The lowest BCUT2D eigenvalue weighted by atomic mass is 10.1. The fourth-order valence-electron chi connectivity index (χ4n) is 3.50. The lowest BCUT2D eigenvalue weighted by Crippen LogP contribution is -2.48. The number of hydrogen-bond acceptors (Lipinski definition) is 4. The van der Waals surface area contributed by atoms with Crippen LogP contribution < -0.4 is 0 Å². The Labute approximate surface area is 141 Å². The van der Waals surface area contributed by atoms with Crippen LogP contribution in [0.15, 0.2) is 36.7 Å². The fraction of sp³-hybridized carbons (Fsp3) is 0.471. The van der Waals surface area contributed by atoms with Crippen molar-refractivity contribution in [1.29, 1.82) is 0 Å². The summed E-state index contributed by atoms with van der Waals surface area (Å²) in [5, 5.41) is 5.21. The van der Waals surface area contributed by atoms with E-state index in [1.54, 1.807) is 0 Å². The van der Waals surface area contributed by atoms with Gasteiger partial charge in [-0.1, -0.05) is 11.6 Å². The predicted molar refractivity (Wildman–Crippen MR) is 90.0 cm³/mol. The largest absolute Gasteiger partial charge is 0.374 e. The average molecular weight is 333 g/mol. The molecule has 3 heterocycles. The molecule has 2 atom stereocenters. The third kappa shape index (κ3) is 3.15. The number of fused-ring (bicyclic) bond motifs is 1. The summed E-state index contributed by atoms with van der Waals surface area (Å²) in [5.74, 6) is 0. The topological polar surface area (TPSA) is 33.5 Å². The zero-order valence-corrected chi connectivity index (χ0v) is 14.0. The molecule has 6 heteroatoms. The molecule has 2 aliphatic rings. The molecule has 0 radical (unpaired) electrons. The molecule has 2 aliphatic heterocycles. The first-order chi connectivity index (χ1) is 11.2. The van der Waals surface area contributed by atoms with Gasteiger partial charge in [-0.15, -0.1) is 0 Å². The van der Waals surface area contributed by atoms with Gasteiger partial charge in [0.25, 0.3) is 0 Å². The quantitative estimate of drug-likeness (QED) is 0.861. The van der Waals surface area contributed by atoms with E-state index >= 15 is 0 Å². The van der Waals surface area contributed by atoms with Crippen LogP contribution in [-0.4, -0.2) is 65.0 Å². The molecule has 2 fully saturated rings. The molecule has 1 aromatic carbocycles. The molecular weight excluding hydrogens is 312 g/mol. The van der Waals surface area contributed by atoms with Gasteiger partial charge in [-0.3, -0.25) is 9.80 Å². The van der Waals surface area contributed by atoms with Crippen molar-refractivity contribution in [3.05, 3.63) is 47.2 Å². The highest BCUT2D eigenvalue weighted by atomic mass is 35.5. The van der Waals surface area contributed by atoms with Crippen LogP contribution in [-0.2, 0) is 11.3 Å². The zero-order chi connectivity index (χ0) is 15.8. The van der Waals surface area contributed by atoms with Gasteiger partial charge in [-0.2, -0.15) is 5.10 Å². The van der Waals surface area contributed by atoms with Gasteiger partial charge < -0.3 is 4.74 Å². The Bertz CT molecular complexity index is 671. The van der Waals surface area contributed by atoms with Gasteiger partial charge in [0.15, 0.2) is 0 Å². The Hall–Kier alpha value is -1.40. The predicted octanol–water partition coefficient (Wildman–Crippen LogP) is 2.04. The van der Waals surface area contributed by atoms with E-state index in [0.717, 1.165) is 43.5 Å². The standard InChI is InChI=1S/C17H21ClN4O/c1-20-6-7-23-17-12-21(11-16(17)20)9-13-8-19-22(10-13)15-4-2-14(18)3-5-15/h2-5,8,10,16-17H,6-7,9,11-12H2,1H3/t16-,17+/m1/s1. The van der Waals surface area contributed by atoms with Gasteiger partial charge in [-0.05, 0) is 31.3 Å². The van der Waals surface area contributed by atoms with Crippen molar-refractivity contribution in [1.82, 2.24) is 19.6 Å². The number of halogens is 1. The summed E-state index contributed by atoms with van der Waals surface area (Å²) >= 11 is 5.94. The van der Waals surface area contributed by atoms with Crippen LogP contribution in [0.5, 0.6) is 0 Å². The number of nitrogens with zero attached hydrogens (tertiary/aromatic N) is 4. The van der Waals surface area contributed by atoms with Crippen molar-refractivity contribution in [2.45, 2.75) is 18.7 Å². The molecule has 0 unspecified atom stereocenters. The second-order valence-electron chi connectivity index (χ2n) is 6.42. The highest BCUT2D eigenvalue weighted by molar-refractivity contribution is 6.30. The number of hydrogen-bond donors (Lipinski definition) is 0. The van der Waals surface area contributed by atoms with Gasteiger partial charge in [0.05, 0.1) is 24.6 Å². The zero-order valence-electron chi connectivity index (χ0n) is 13.2. The van der Waals surface area contributed by atoms with E-state index in [9.17, 15) is 0 Å². The van der Waals surface area contributed by atoms with Crippen molar-refractivity contribution < 1.29 is 4.74 Å². The highest BCUT2D eigenvalue weighted by Crippen LogP contribution is 2.23. The maximum Gasteiger partial charge on any atom is 0.0869 e. The van der Waals surface area contributed by atoms with E-state index in [1.165, 1.54) is 5.56 Å². The Balaban J connectivity index is 1.43. The molecule has 1 aromatic heterocycles. The molecule has 5 nitrogen and oxygen atoms in total. The van der Waals surface area contributed by atoms with Crippen molar-refractivity contribution >= 4 is 11.6 Å². The van der Waals surface area contributed by atoms with Gasteiger partial charge >= 0.3 is 0 Å². The molecule has 0 saturated carbocycles. The minimum absolute atomic E-state index is 0.347. The summed E-state index contributed by atoms with van der Waals surface area (Å²) < 4.78 is 7.81. The first-order valence-corrected chi connectivity index (χ1v) is 8.40. The van der Waals surface area contributed by atoms with E-state index in [2.05, 4.69) is 28.1 Å². The van der Waals surface area contributed by atoms with Crippen molar-refractivity contribution in [3.8, 4) is 5.69 Å². The summed E-state index contributed by atoms with van der Waals surface area (Å²) in [5.41, 5.74) is 2.25. The Morgan fingerprint density at radius 2 is 2.09 bits per heavy atom. The number of ether oxygens (including phenoxy) is 1. The van der Waals surface area contributed by atoms with Crippen LogP contribution in [0.3, 0.4) is 0 Å². The summed E-state index contributed by atoms with van der Waals surface area (Å²) in [6.07, 6.45) is 4.39. The monoisotopic (exact) mass is 332 g/mol. The van der Waals surface area contributed by atoms with Gasteiger partial charge in [-0.25, -0.2) is 4.68 Å². The second-order valence-corrected chi connectivity index (χ2v) is 6.86. The highest BCUT2D eigenvalue weighted by Gasteiger charge is 2.38. The fourth-order valence-corrected chi connectivity index (χ4v) is 3.62. The molecule has 0 aliphatic carbocycles. The molecule has 23 heavy (non-hydrogen) atoms. The van der Waals surface area contributed by atoms with Crippen LogP contribution in [0.2, 0.25) is 5.02 Å². The average Bonchev–Trinajstić information content (AvgIpc) is 3.16. The van der Waals surface area contributed by atoms with E-state index in [1.807, 2.05) is 35.1 Å². The molecule has 122 valence electrons. The third-order valence-electron chi connectivity index (χ3n) is 4.79. The molecule has 2 saturated heterocycles. The normalized spacial score (nSPS) is 25.7. The number of benzene rings is 1. The van der Waals surface area contributed by atoms with Gasteiger partial charge in [0.2, 0.25) is 0 Å². The SMILES string of the molecule is CN1CCO[C@H]2CN(Cc3cnn(-c4ccc(Cl)cc4)c3)C[C@H]21. The maximum atomic E-state index is 5.94. The molecule has 0 amide bonds. The molecule has 4 rings (SSSR count). The van der Waals surface area contributed by atoms with E-state index in [4.69, 9.17) is 16.3 Å². The lowest BCUT2D eigenvalue weighted by molar-refractivity contribution is -0.0370. The third-order valence-corrected chi connectivity index (χ3v) is 5.04. The van der Waals surface area contributed by atoms with Crippen LogP contribution in [0, 0.1) is 0 Å². The van der Waals surface area contributed by atoms with E-state index < -0.39 is 0 Å². The van der Waals surface area contributed by atoms with Gasteiger partial charge in [0.1, 0.15) is 0 Å². The van der Waals surface area contributed by atoms with E-state index in [-0.39, 0.29) is 0 Å².